The molecule has 1 saturated carbocycles. The minimum atomic E-state index is 0.454. The van der Waals surface area contributed by atoms with Gasteiger partial charge in [0.05, 0.1) is 0 Å². The second-order valence-electron chi connectivity index (χ2n) is 6.58. The molecule has 0 N–H and O–H groups in total. The molecule has 1 fully saturated rings. The van der Waals surface area contributed by atoms with E-state index >= 15 is 0 Å². The maximum Gasteiger partial charge on any atom is -0.00746 e. The topological polar surface area (TPSA) is 0 Å². The van der Waals surface area contributed by atoms with Crippen LogP contribution in [-0.2, 0) is 5.41 Å². The molecule has 0 heteroatoms. The monoisotopic (exact) mass is 284 g/mol. The summed E-state index contributed by atoms with van der Waals surface area (Å²) in [7, 11) is 0. The van der Waals surface area contributed by atoms with Crippen molar-refractivity contribution in [3.05, 3.63) is 84.4 Å². The Morgan fingerprint density at radius 2 is 0.955 bits per heavy atom. The highest BCUT2D eigenvalue weighted by Crippen LogP contribution is 2.47. The van der Waals surface area contributed by atoms with Gasteiger partial charge in [0.2, 0.25) is 0 Å². The molecule has 4 rings (SSSR count). The van der Waals surface area contributed by atoms with Crippen LogP contribution in [0.1, 0.15) is 25.3 Å². The first-order valence-electron chi connectivity index (χ1n) is 8.01. The first-order chi connectivity index (χ1) is 10.7. The Hall–Kier alpha value is -2.34. The summed E-state index contributed by atoms with van der Waals surface area (Å²) in [6.07, 6.45) is 2.66. The van der Waals surface area contributed by atoms with Crippen molar-refractivity contribution >= 4 is 0 Å². The molecule has 0 nitrogen and oxygen atoms in total. The quantitative estimate of drug-likeness (QED) is 0.547. The van der Waals surface area contributed by atoms with Crippen LogP contribution in [0.5, 0.6) is 0 Å². The van der Waals surface area contributed by atoms with E-state index in [9.17, 15) is 0 Å². The van der Waals surface area contributed by atoms with Crippen LogP contribution < -0.4 is 0 Å². The van der Waals surface area contributed by atoms with Crippen molar-refractivity contribution in [2.75, 3.05) is 0 Å². The summed E-state index contributed by atoms with van der Waals surface area (Å²) < 4.78 is 0. The average molecular weight is 284 g/mol. The summed E-state index contributed by atoms with van der Waals surface area (Å²) in [6.45, 7) is 2.36. The van der Waals surface area contributed by atoms with E-state index in [2.05, 4.69) is 85.8 Å². The van der Waals surface area contributed by atoms with Crippen LogP contribution in [0.3, 0.4) is 0 Å². The fourth-order valence-electron chi connectivity index (χ4n) is 3.03. The van der Waals surface area contributed by atoms with Crippen LogP contribution in [0.15, 0.2) is 78.9 Å². The van der Waals surface area contributed by atoms with Crippen LogP contribution in [0.4, 0.5) is 0 Å². The predicted octanol–water partition coefficient (Wildman–Crippen LogP) is 6.07. The summed E-state index contributed by atoms with van der Waals surface area (Å²) in [4.78, 5) is 0. The lowest BCUT2D eigenvalue weighted by Crippen LogP contribution is -1.98. The normalized spacial score (nSPS) is 15.5. The van der Waals surface area contributed by atoms with E-state index in [1.165, 1.54) is 40.7 Å². The highest BCUT2D eigenvalue weighted by atomic mass is 14.4. The molecule has 0 heterocycles. The molecule has 3 aromatic carbocycles. The average Bonchev–Trinajstić information content (AvgIpc) is 3.35. The number of benzene rings is 3. The van der Waals surface area contributed by atoms with Gasteiger partial charge in [0.25, 0.3) is 0 Å². The highest BCUT2D eigenvalue weighted by molar-refractivity contribution is 5.70. The van der Waals surface area contributed by atoms with Gasteiger partial charge in [-0.05, 0) is 46.1 Å². The molecule has 0 bridgehead atoms. The van der Waals surface area contributed by atoms with E-state index < -0.39 is 0 Å². The van der Waals surface area contributed by atoms with Gasteiger partial charge in [-0.25, -0.2) is 0 Å². The van der Waals surface area contributed by atoms with Crippen molar-refractivity contribution in [2.45, 2.75) is 25.2 Å². The second kappa shape index (κ2) is 5.14. The largest absolute Gasteiger partial charge is 0.0622 e. The van der Waals surface area contributed by atoms with Gasteiger partial charge in [-0.15, -0.1) is 0 Å². The zero-order chi connectivity index (χ0) is 15.0. The summed E-state index contributed by atoms with van der Waals surface area (Å²) in [5.41, 5.74) is 7.06. The van der Waals surface area contributed by atoms with Gasteiger partial charge < -0.3 is 0 Å². The molecule has 0 aromatic heterocycles. The first kappa shape index (κ1) is 13.3. The number of hydrogen-bond acceptors (Lipinski definition) is 0. The number of rotatable bonds is 3. The van der Waals surface area contributed by atoms with Crippen molar-refractivity contribution in [1.29, 1.82) is 0 Å². The first-order valence-corrected chi connectivity index (χ1v) is 8.01. The SMILES string of the molecule is CC1(c2ccc(-c3ccc(-c4ccccc4)cc3)cc2)CC1. The lowest BCUT2D eigenvalue weighted by atomic mass is 9.95. The summed E-state index contributed by atoms with van der Waals surface area (Å²) in [5.74, 6) is 0. The summed E-state index contributed by atoms with van der Waals surface area (Å²) in [5, 5.41) is 0. The molecule has 0 amide bonds. The smallest absolute Gasteiger partial charge is 0.00746 e. The lowest BCUT2D eigenvalue weighted by molar-refractivity contribution is 0.788. The standard InChI is InChI=1S/C22H20/c1-22(15-16-22)21-13-11-20(12-14-21)19-9-7-18(8-10-19)17-5-3-2-4-6-17/h2-14H,15-16H2,1H3. The third-order valence-corrected chi connectivity index (χ3v) is 4.91. The van der Waals surface area contributed by atoms with Gasteiger partial charge in [0.15, 0.2) is 0 Å². The minimum absolute atomic E-state index is 0.454. The molecule has 0 unspecified atom stereocenters. The molecular weight excluding hydrogens is 264 g/mol. The zero-order valence-electron chi connectivity index (χ0n) is 12.9. The molecule has 0 atom stereocenters. The molecule has 1 aliphatic rings. The molecule has 0 spiro atoms. The van der Waals surface area contributed by atoms with Gasteiger partial charge in [-0.2, -0.15) is 0 Å². The molecule has 0 aliphatic heterocycles. The van der Waals surface area contributed by atoms with Gasteiger partial charge in [-0.1, -0.05) is 85.8 Å². The lowest BCUT2D eigenvalue weighted by Gasteiger charge is -2.10. The molecular formula is C22H20. The van der Waals surface area contributed by atoms with Crippen LogP contribution in [0.2, 0.25) is 0 Å². The third kappa shape index (κ3) is 2.46. The molecule has 108 valence electrons. The van der Waals surface area contributed by atoms with Crippen LogP contribution in [-0.4, -0.2) is 0 Å². The predicted molar refractivity (Wildman–Crippen MR) is 93.9 cm³/mol. The Morgan fingerprint density at radius 1 is 0.545 bits per heavy atom. The van der Waals surface area contributed by atoms with E-state index in [4.69, 9.17) is 0 Å². The minimum Gasteiger partial charge on any atom is -0.0622 e. The Kier molecular flexibility index (Phi) is 3.11. The van der Waals surface area contributed by atoms with Crippen LogP contribution >= 0.6 is 0 Å². The third-order valence-electron chi connectivity index (χ3n) is 4.91. The Bertz CT molecular complexity index is 761. The molecule has 3 aromatic rings. The molecule has 0 saturated heterocycles. The Morgan fingerprint density at radius 3 is 1.41 bits per heavy atom. The summed E-state index contributed by atoms with van der Waals surface area (Å²) in [6, 6.07) is 28.5. The van der Waals surface area contributed by atoms with Gasteiger partial charge >= 0.3 is 0 Å². The molecule has 22 heavy (non-hydrogen) atoms. The Balaban J connectivity index is 1.60. The van der Waals surface area contributed by atoms with Crippen molar-refractivity contribution in [2.24, 2.45) is 0 Å². The number of hydrogen-bond donors (Lipinski definition) is 0. The van der Waals surface area contributed by atoms with Crippen LogP contribution in [0.25, 0.3) is 22.3 Å². The fourth-order valence-corrected chi connectivity index (χ4v) is 3.03. The van der Waals surface area contributed by atoms with Gasteiger partial charge in [-0.3, -0.25) is 0 Å². The Labute approximate surface area is 132 Å². The van der Waals surface area contributed by atoms with Gasteiger partial charge in [0, 0.05) is 0 Å². The molecule has 1 aliphatic carbocycles. The van der Waals surface area contributed by atoms with Crippen molar-refractivity contribution in [3.63, 3.8) is 0 Å². The van der Waals surface area contributed by atoms with Crippen LogP contribution in [0, 0.1) is 0 Å². The summed E-state index contributed by atoms with van der Waals surface area (Å²) >= 11 is 0. The second-order valence-corrected chi connectivity index (χ2v) is 6.58. The maximum atomic E-state index is 2.36. The highest BCUT2D eigenvalue weighted by Gasteiger charge is 2.38. The van der Waals surface area contributed by atoms with Crippen molar-refractivity contribution in [3.8, 4) is 22.3 Å². The van der Waals surface area contributed by atoms with E-state index in [1.54, 1.807) is 0 Å². The van der Waals surface area contributed by atoms with E-state index in [1.807, 2.05) is 0 Å². The van der Waals surface area contributed by atoms with E-state index in [-0.39, 0.29) is 0 Å². The van der Waals surface area contributed by atoms with Crippen molar-refractivity contribution in [1.82, 2.24) is 0 Å². The molecule has 0 radical (unpaired) electrons. The van der Waals surface area contributed by atoms with Crippen molar-refractivity contribution < 1.29 is 0 Å². The van der Waals surface area contributed by atoms with Gasteiger partial charge in [0.1, 0.15) is 0 Å². The van der Waals surface area contributed by atoms with E-state index in [0.29, 0.717) is 5.41 Å². The zero-order valence-corrected chi connectivity index (χ0v) is 12.9. The maximum absolute atomic E-state index is 2.36. The van der Waals surface area contributed by atoms with E-state index in [0.717, 1.165) is 0 Å². The fraction of sp³-hybridized carbons (Fsp3) is 0.182.